The molecule has 2 aromatic heterocycles. The highest BCUT2D eigenvalue weighted by Crippen LogP contribution is 2.34. The second kappa shape index (κ2) is 5.86. The van der Waals surface area contributed by atoms with Crippen molar-refractivity contribution >= 4 is 17.2 Å². The number of nitrogens with zero attached hydrogens (tertiary/aromatic N) is 4. The van der Waals surface area contributed by atoms with Gasteiger partial charge in [-0.1, -0.05) is 39.0 Å². The van der Waals surface area contributed by atoms with Crippen molar-refractivity contribution in [2.45, 2.75) is 47.0 Å². The SMILES string of the molecule is Cc1ccn2c(N=Nc3c(C)cccc3C)c(C(C)(C)C)nc2c1. The van der Waals surface area contributed by atoms with E-state index in [1.54, 1.807) is 0 Å². The maximum absolute atomic E-state index is 4.81. The van der Waals surface area contributed by atoms with E-state index in [0.29, 0.717) is 0 Å². The van der Waals surface area contributed by atoms with Crippen LogP contribution in [0, 0.1) is 20.8 Å². The van der Waals surface area contributed by atoms with E-state index in [1.807, 2.05) is 16.7 Å². The lowest BCUT2D eigenvalue weighted by molar-refractivity contribution is 0.574. The van der Waals surface area contributed by atoms with Crippen LogP contribution in [0.5, 0.6) is 0 Å². The van der Waals surface area contributed by atoms with Crippen LogP contribution in [-0.2, 0) is 5.41 Å². The molecule has 3 rings (SSSR count). The van der Waals surface area contributed by atoms with Gasteiger partial charge in [-0.3, -0.25) is 4.40 Å². The van der Waals surface area contributed by atoms with Gasteiger partial charge in [0.25, 0.3) is 0 Å². The second-order valence-electron chi connectivity index (χ2n) is 7.41. The zero-order chi connectivity index (χ0) is 17.5. The Balaban J connectivity index is 2.19. The van der Waals surface area contributed by atoms with Crippen molar-refractivity contribution in [1.29, 1.82) is 0 Å². The Bertz CT molecular complexity index is 906. The van der Waals surface area contributed by atoms with Crippen molar-refractivity contribution in [3.05, 3.63) is 58.9 Å². The van der Waals surface area contributed by atoms with Crippen molar-refractivity contribution in [2.24, 2.45) is 10.2 Å². The first-order valence-electron chi connectivity index (χ1n) is 8.24. The van der Waals surface area contributed by atoms with Crippen LogP contribution in [0.4, 0.5) is 11.5 Å². The van der Waals surface area contributed by atoms with Crippen LogP contribution >= 0.6 is 0 Å². The van der Waals surface area contributed by atoms with E-state index in [9.17, 15) is 0 Å². The maximum Gasteiger partial charge on any atom is 0.183 e. The molecule has 2 heterocycles. The van der Waals surface area contributed by atoms with Gasteiger partial charge in [0.15, 0.2) is 5.82 Å². The molecule has 24 heavy (non-hydrogen) atoms. The van der Waals surface area contributed by atoms with Crippen LogP contribution in [0.3, 0.4) is 0 Å². The van der Waals surface area contributed by atoms with Crippen LogP contribution < -0.4 is 0 Å². The summed E-state index contributed by atoms with van der Waals surface area (Å²) in [5.41, 5.74) is 6.14. The molecule has 4 heteroatoms. The van der Waals surface area contributed by atoms with Crippen molar-refractivity contribution in [2.75, 3.05) is 0 Å². The third-order valence-corrected chi connectivity index (χ3v) is 4.15. The summed E-state index contributed by atoms with van der Waals surface area (Å²) in [6.45, 7) is 12.6. The van der Waals surface area contributed by atoms with Gasteiger partial charge in [-0.15, -0.1) is 10.2 Å². The Kier molecular flexibility index (Phi) is 3.99. The number of pyridine rings is 1. The first-order chi connectivity index (χ1) is 11.3. The van der Waals surface area contributed by atoms with Gasteiger partial charge in [-0.05, 0) is 49.6 Å². The van der Waals surface area contributed by atoms with E-state index in [0.717, 1.165) is 34.0 Å². The highest BCUT2D eigenvalue weighted by molar-refractivity contribution is 5.56. The molecule has 0 aliphatic heterocycles. The first kappa shape index (κ1) is 16.4. The number of fused-ring (bicyclic) bond motifs is 1. The zero-order valence-electron chi connectivity index (χ0n) is 15.3. The highest BCUT2D eigenvalue weighted by Gasteiger charge is 2.24. The number of aryl methyl sites for hydroxylation is 3. The van der Waals surface area contributed by atoms with Crippen LogP contribution in [0.2, 0.25) is 0 Å². The van der Waals surface area contributed by atoms with E-state index >= 15 is 0 Å². The summed E-state index contributed by atoms with van der Waals surface area (Å²) >= 11 is 0. The number of benzene rings is 1. The van der Waals surface area contributed by atoms with E-state index < -0.39 is 0 Å². The molecule has 4 nitrogen and oxygen atoms in total. The average Bonchev–Trinajstić information content (AvgIpc) is 2.84. The topological polar surface area (TPSA) is 42.0 Å². The molecule has 124 valence electrons. The number of hydrogen-bond acceptors (Lipinski definition) is 3. The summed E-state index contributed by atoms with van der Waals surface area (Å²) in [6.07, 6.45) is 2.02. The van der Waals surface area contributed by atoms with Gasteiger partial charge >= 0.3 is 0 Å². The van der Waals surface area contributed by atoms with Gasteiger partial charge in [0, 0.05) is 11.6 Å². The Morgan fingerprint density at radius 1 is 0.958 bits per heavy atom. The molecule has 0 unspecified atom stereocenters. The van der Waals surface area contributed by atoms with Crippen molar-refractivity contribution in [3.63, 3.8) is 0 Å². The zero-order valence-corrected chi connectivity index (χ0v) is 15.3. The van der Waals surface area contributed by atoms with Crippen molar-refractivity contribution < 1.29 is 0 Å². The molecular weight excluding hydrogens is 296 g/mol. The van der Waals surface area contributed by atoms with Crippen LogP contribution in [-0.4, -0.2) is 9.38 Å². The minimum atomic E-state index is -0.102. The number of aromatic nitrogens is 2. The van der Waals surface area contributed by atoms with E-state index in [-0.39, 0.29) is 5.41 Å². The minimum absolute atomic E-state index is 0.102. The number of azo groups is 1. The predicted octanol–water partition coefficient (Wildman–Crippen LogP) is 5.97. The van der Waals surface area contributed by atoms with E-state index in [1.165, 1.54) is 5.56 Å². The van der Waals surface area contributed by atoms with Crippen LogP contribution in [0.15, 0.2) is 46.8 Å². The van der Waals surface area contributed by atoms with Gasteiger partial charge in [-0.25, -0.2) is 4.98 Å². The molecule has 0 radical (unpaired) electrons. The third-order valence-electron chi connectivity index (χ3n) is 4.15. The molecule has 0 aliphatic carbocycles. The lowest BCUT2D eigenvalue weighted by Gasteiger charge is -2.15. The Hall–Kier alpha value is -2.49. The van der Waals surface area contributed by atoms with Crippen molar-refractivity contribution in [1.82, 2.24) is 9.38 Å². The van der Waals surface area contributed by atoms with E-state index in [4.69, 9.17) is 4.98 Å². The Labute approximate surface area is 143 Å². The standard InChI is InChI=1S/C20H24N4/c1-13-10-11-24-16(12-13)21-18(20(4,5)6)19(24)23-22-17-14(2)8-7-9-15(17)3/h7-12H,1-6H3. The molecule has 0 bridgehead atoms. The fourth-order valence-corrected chi connectivity index (χ4v) is 2.79. The molecule has 0 saturated carbocycles. The van der Waals surface area contributed by atoms with Gasteiger partial charge in [0.05, 0.1) is 11.4 Å². The summed E-state index contributed by atoms with van der Waals surface area (Å²) in [6, 6.07) is 10.3. The largest absolute Gasteiger partial charge is 0.283 e. The normalized spacial score (nSPS) is 12.4. The van der Waals surface area contributed by atoms with Gasteiger partial charge in [-0.2, -0.15) is 0 Å². The van der Waals surface area contributed by atoms with Gasteiger partial charge in [0.1, 0.15) is 5.65 Å². The Morgan fingerprint density at radius 2 is 1.62 bits per heavy atom. The van der Waals surface area contributed by atoms with Gasteiger partial charge < -0.3 is 0 Å². The molecule has 0 N–H and O–H groups in total. The lowest BCUT2D eigenvalue weighted by Crippen LogP contribution is -2.11. The minimum Gasteiger partial charge on any atom is -0.283 e. The second-order valence-corrected chi connectivity index (χ2v) is 7.41. The molecule has 1 aromatic carbocycles. The van der Waals surface area contributed by atoms with E-state index in [2.05, 4.69) is 76.0 Å². The molecule has 0 amide bonds. The molecule has 0 spiro atoms. The fourth-order valence-electron chi connectivity index (χ4n) is 2.79. The highest BCUT2D eigenvalue weighted by atomic mass is 15.2. The summed E-state index contributed by atoms with van der Waals surface area (Å²) in [5, 5.41) is 9.17. The molecule has 3 aromatic rings. The monoisotopic (exact) mass is 320 g/mol. The summed E-state index contributed by atoms with van der Waals surface area (Å²) in [7, 11) is 0. The molecule has 0 aliphatic rings. The van der Waals surface area contributed by atoms with Crippen molar-refractivity contribution in [3.8, 4) is 0 Å². The molecular formula is C20H24N4. The van der Waals surface area contributed by atoms with Crippen LogP contribution in [0.25, 0.3) is 5.65 Å². The fraction of sp³-hybridized carbons (Fsp3) is 0.350. The first-order valence-corrected chi connectivity index (χ1v) is 8.24. The average molecular weight is 320 g/mol. The summed E-state index contributed by atoms with van der Waals surface area (Å²) in [4.78, 5) is 4.81. The Morgan fingerprint density at radius 3 is 2.25 bits per heavy atom. The number of imidazole rings is 1. The summed E-state index contributed by atoms with van der Waals surface area (Å²) < 4.78 is 2.02. The van der Waals surface area contributed by atoms with Crippen LogP contribution in [0.1, 0.15) is 43.2 Å². The smallest absolute Gasteiger partial charge is 0.183 e. The number of hydrogen-bond donors (Lipinski definition) is 0. The summed E-state index contributed by atoms with van der Waals surface area (Å²) in [5.74, 6) is 0.806. The number of rotatable bonds is 2. The molecule has 0 saturated heterocycles. The van der Waals surface area contributed by atoms with Gasteiger partial charge in [0.2, 0.25) is 0 Å². The molecule has 0 fully saturated rings. The molecule has 0 atom stereocenters. The lowest BCUT2D eigenvalue weighted by atomic mass is 9.92. The third kappa shape index (κ3) is 2.96. The predicted molar refractivity (Wildman–Crippen MR) is 98.7 cm³/mol. The quantitative estimate of drug-likeness (QED) is 0.536. The maximum atomic E-state index is 4.81.